The first-order valence-electron chi connectivity index (χ1n) is 17.0. The largest absolute Gasteiger partial charge is 0.455 e. The van der Waals surface area contributed by atoms with Crippen molar-refractivity contribution in [1.82, 2.24) is 19.9 Å². The molecule has 0 unspecified atom stereocenters. The number of furan rings is 1. The Labute approximate surface area is 293 Å². The van der Waals surface area contributed by atoms with Gasteiger partial charge in [-0.15, -0.1) is 0 Å². The van der Waals surface area contributed by atoms with Crippen molar-refractivity contribution in [2.24, 2.45) is 0 Å². The molecule has 3 heterocycles. The maximum atomic E-state index is 6.84. The molecule has 0 amide bonds. The Kier molecular flexibility index (Phi) is 6.74. The van der Waals surface area contributed by atoms with Crippen molar-refractivity contribution < 1.29 is 4.42 Å². The second-order valence-electron chi connectivity index (χ2n) is 12.7. The number of pyridine rings is 1. The molecule has 5 heteroatoms. The average Bonchev–Trinajstić information content (AvgIpc) is 3.58. The van der Waals surface area contributed by atoms with Gasteiger partial charge in [0.05, 0.1) is 5.52 Å². The molecular weight excluding hydrogens is 625 g/mol. The van der Waals surface area contributed by atoms with E-state index in [1.165, 1.54) is 10.8 Å². The lowest BCUT2D eigenvalue weighted by atomic mass is 9.91. The molecule has 5 nitrogen and oxygen atoms in total. The lowest BCUT2D eigenvalue weighted by molar-refractivity contribution is 0.670. The van der Waals surface area contributed by atoms with Gasteiger partial charge in [-0.1, -0.05) is 133 Å². The van der Waals surface area contributed by atoms with E-state index in [-0.39, 0.29) is 0 Å². The molecule has 3 aromatic heterocycles. The van der Waals surface area contributed by atoms with Crippen LogP contribution in [0.2, 0.25) is 0 Å². The molecule has 10 rings (SSSR count). The summed E-state index contributed by atoms with van der Waals surface area (Å²) in [5.74, 6) is 1.85. The van der Waals surface area contributed by atoms with E-state index < -0.39 is 0 Å². The molecule has 0 aliphatic heterocycles. The molecule has 0 atom stereocenters. The normalized spacial score (nSPS) is 11.5. The number of fused-ring (bicyclic) bond motifs is 5. The molecule has 0 radical (unpaired) electrons. The zero-order chi connectivity index (χ0) is 33.7. The van der Waals surface area contributed by atoms with Crippen molar-refractivity contribution in [1.29, 1.82) is 0 Å². The fourth-order valence-corrected chi connectivity index (χ4v) is 7.10. The van der Waals surface area contributed by atoms with Crippen LogP contribution in [0.25, 0.3) is 100 Å². The van der Waals surface area contributed by atoms with Gasteiger partial charge in [0.15, 0.2) is 17.5 Å². The summed E-state index contributed by atoms with van der Waals surface area (Å²) in [5.41, 5.74) is 9.45. The smallest absolute Gasteiger partial charge is 0.164 e. The lowest BCUT2D eigenvalue weighted by Crippen LogP contribution is -2.01. The SMILES string of the molecule is c1ccc(-c2nc(-c3ccccc3)nc(-c3ccccc3-c3ccc(-c4ccc5ccccc5c4)c4oc5cc6ncccc6cc5c34)n2)cc1. The van der Waals surface area contributed by atoms with Crippen LogP contribution in [-0.2, 0) is 0 Å². The van der Waals surface area contributed by atoms with Crippen LogP contribution >= 0.6 is 0 Å². The number of benzene rings is 7. The molecular formula is C46H28N4O. The first kappa shape index (κ1) is 29.0. The molecule has 0 saturated carbocycles. The Morgan fingerprint density at radius 2 is 1.02 bits per heavy atom. The summed E-state index contributed by atoms with van der Waals surface area (Å²) in [4.78, 5) is 19.8. The van der Waals surface area contributed by atoms with Crippen LogP contribution < -0.4 is 0 Å². The van der Waals surface area contributed by atoms with Crippen LogP contribution in [0.5, 0.6) is 0 Å². The third-order valence-electron chi connectivity index (χ3n) is 9.56. The predicted octanol–water partition coefficient (Wildman–Crippen LogP) is 11.8. The number of hydrogen-bond donors (Lipinski definition) is 0. The van der Waals surface area contributed by atoms with Crippen molar-refractivity contribution in [2.45, 2.75) is 0 Å². The summed E-state index contributed by atoms with van der Waals surface area (Å²) >= 11 is 0. The van der Waals surface area contributed by atoms with E-state index in [0.717, 1.165) is 71.8 Å². The summed E-state index contributed by atoms with van der Waals surface area (Å²) in [6, 6.07) is 56.3. The second-order valence-corrected chi connectivity index (χ2v) is 12.7. The number of aromatic nitrogens is 4. The molecule has 0 spiro atoms. The molecule has 0 saturated heterocycles. The van der Waals surface area contributed by atoms with Crippen LogP contribution in [0.1, 0.15) is 0 Å². The van der Waals surface area contributed by atoms with E-state index >= 15 is 0 Å². The van der Waals surface area contributed by atoms with E-state index in [1.807, 2.05) is 79.0 Å². The first-order chi connectivity index (χ1) is 25.3. The Morgan fingerprint density at radius 1 is 0.392 bits per heavy atom. The minimum Gasteiger partial charge on any atom is -0.455 e. The number of hydrogen-bond acceptors (Lipinski definition) is 5. The van der Waals surface area contributed by atoms with Gasteiger partial charge in [0.1, 0.15) is 11.2 Å². The molecule has 0 N–H and O–H groups in total. The van der Waals surface area contributed by atoms with Gasteiger partial charge >= 0.3 is 0 Å². The standard InChI is InChI=1S/C46H28N4O/c1-3-13-30(14-4-1)44-48-45(31-15-5-2-6-16-31)50-46(49-44)38-20-10-9-19-36(38)37-24-23-35(33-22-21-29-12-7-8-17-32(29)26-33)43-42(37)39-27-34-18-11-25-47-40(34)28-41(39)51-43/h1-28H. The van der Waals surface area contributed by atoms with Crippen molar-refractivity contribution in [3.63, 3.8) is 0 Å². The lowest BCUT2D eigenvalue weighted by Gasteiger charge is -2.14. The highest BCUT2D eigenvalue weighted by Gasteiger charge is 2.22. The monoisotopic (exact) mass is 652 g/mol. The number of rotatable bonds is 5. The highest BCUT2D eigenvalue weighted by molar-refractivity contribution is 6.19. The Hall–Kier alpha value is -6.98. The molecule has 0 bridgehead atoms. The van der Waals surface area contributed by atoms with Gasteiger partial charge in [-0.3, -0.25) is 4.98 Å². The highest BCUT2D eigenvalue weighted by Crippen LogP contribution is 2.45. The van der Waals surface area contributed by atoms with Crippen molar-refractivity contribution in [2.75, 3.05) is 0 Å². The molecule has 51 heavy (non-hydrogen) atoms. The molecule has 7 aromatic carbocycles. The van der Waals surface area contributed by atoms with Gasteiger partial charge in [-0.25, -0.2) is 15.0 Å². The average molecular weight is 653 g/mol. The predicted molar refractivity (Wildman–Crippen MR) is 207 cm³/mol. The van der Waals surface area contributed by atoms with Gasteiger partial charge in [-0.2, -0.15) is 0 Å². The maximum Gasteiger partial charge on any atom is 0.164 e. The summed E-state index contributed by atoms with van der Waals surface area (Å²) in [7, 11) is 0. The summed E-state index contributed by atoms with van der Waals surface area (Å²) in [5, 5.41) is 5.51. The fraction of sp³-hybridized carbons (Fsp3) is 0. The fourth-order valence-electron chi connectivity index (χ4n) is 7.10. The summed E-state index contributed by atoms with van der Waals surface area (Å²) in [6.07, 6.45) is 1.82. The molecule has 0 fully saturated rings. The summed E-state index contributed by atoms with van der Waals surface area (Å²) < 4.78 is 6.84. The van der Waals surface area contributed by atoms with E-state index in [4.69, 9.17) is 19.4 Å². The van der Waals surface area contributed by atoms with Crippen LogP contribution in [0.15, 0.2) is 174 Å². The Balaban J connectivity index is 1.25. The second kappa shape index (κ2) is 11.9. The molecule has 10 aromatic rings. The van der Waals surface area contributed by atoms with Gasteiger partial charge in [0.25, 0.3) is 0 Å². The minimum absolute atomic E-state index is 0.604. The van der Waals surface area contributed by atoms with E-state index in [2.05, 4.69) is 96.0 Å². The topological polar surface area (TPSA) is 64.7 Å². The molecule has 0 aliphatic rings. The van der Waals surface area contributed by atoms with Gasteiger partial charge in [0.2, 0.25) is 0 Å². The highest BCUT2D eigenvalue weighted by atomic mass is 16.3. The van der Waals surface area contributed by atoms with Crippen molar-refractivity contribution in [3.8, 4) is 56.4 Å². The van der Waals surface area contributed by atoms with Crippen LogP contribution in [0.4, 0.5) is 0 Å². The van der Waals surface area contributed by atoms with E-state index in [9.17, 15) is 0 Å². The van der Waals surface area contributed by atoms with E-state index in [0.29, 0.717) is 17.5 Å². The van der Waals surface area contributed by atoms with Gasteiger partial charge < -0.3 is 4.42 Å². The maximum absolute atomic E-state index is 6.84. The number of nitrogens with zero attached hydrogens (tertiary/aromatic N) is 4. The third kappa shape index (κ3) is 5.03. The van der Waals surface area contributed by atoms with Crippen LogP contribution in [-0.4, -0.2) is 19.9 Å². The van der Waals surface area contributed by atoms with Gasteiger partial charge in [-0.05, 0) is 51.7 Å². The first-order valence-corrected chi connectivity index (χ1v) is 17.0. The van der Waals surface area contributed by atoms with Crippen molar-refractivity contribution >= 4 is 43.6 Å². The van der Waals surface area contributed by atoms with E-state index in [1.54, 1.807) is 0 Å². The minimum atomic E-state index is 0.604. The van der Waals surface area contributed by atoms with Crippen LogP contribution in [0.3, 0.4) is 0 Å². The third-order valence-corrected chi connectivity index (χ3v) is 9.56. The zero-order valence-electron chi connectivity index (χ0n) is 27.4. The van der Waals surface area contributed by atoms with Crippen molar-refractivity contribution in [3.05, 3.63) is 170 Å². The summed E-state index contributed by atoms with van der Waals surface area (Å²) in [6.45, 7) is 0. The molecule has 0 aliphatic carbocycles. The van der Waals surface area contributed by atoms with Gasteiger partial charge in [0, 0.05) is 50.7 Å². The Morgan fingerprint density at radius 3 is 1.78 bits per heavy atom. The Bertz CT molecular complexity index is 2860. The molecule has 238 valence electrons. The quantitative estimate of drug-likeness (QED) is 0.185. The zero-order valence-corrected chi connectivity index (χ0v) is 27.4. The van der Waals surface area contributed by atoms with Crippen LogP contribution in [0, 0.1) is 0 Å².